The minimum atomic E-state index is -0.941. The van der Waals surface area contributed by atoms with E-state index in [9.17, 15) is 8.78 Å². The number of ether oxygens (including phenoxy) is 1. The smallest absolute Gasteiger partial charge is 0.200 e. The van der Waals surface area contributed by atoms with Crippen LogP contribution in [0.25, 0.3) is 0 Å². The van der Waals surface area contributed by atoms with Gasteiger partial charge in [-0.2, -0.15) is 4.39 Å². The van der Waals surface area contributed by atoms with Crippen molar-refractivity contribution in [1.82, 2.24) is 5.32 Å². The lowest BCUT2D eigenvalue weighted by molar-refractivity contribution is 0.285. The van der Waals surface area contributed by atoms with Crippen LogP contribution < -0.4 is 10.1 Å². The largest absolute Gasteiger partial charge is 0.489 e. The lowest BCUT2D eigenvalue weighted by atomic mass is 10.1. The molecule has 114 valence electrons. The lowest BCUT2D eigenvalue weighted by Gasteiger charge is -2.14. The van der Waals surface area contributed by atoms with Crippen LogP contribution in [0, 0.1) is 11.6 Å². The number of benzene rings is 1. The van der Waals surface area contributed by atoms with Crippen molar-refractivity contribution >= 4 is 15.9 Å². The summed E-state index contributed by atoms with van der Waals surface area (Å²) in [5.41, 5.74) is 0. The quantitative estimate of drug-likeness (QED) is 0.516. The summed E-state index contributed by atoms with van der Waals surface area (Å²) in [5, 5.41) is 3.31. The Morgan fingerprint density at radius 2 is 2.05 bits per heavy atom. The van der Waals surface area contributed by atoms with E-state index in [1.807, 2.05) is 0 Å². The summed E-state index contributed by atoms with van der Waals surface area (Å²) in [4.78, 5) is 0. The van der Waals surface area contributed by atoms with Gasteiger partial charge in [0.1, 0.15) is 6.61 Å². The normalized spacial score (nSPS) is 12.4. The first kappa shape index (κ1) is 17.4. The summed E-state index contributed by atoms with van der Waals surface area (Å²) < 4.78 is 32.3. The highest BCUT2D eigenvalue weighted by atomic mass is 79.9. The van der Waals surface area contributed by atoms with Crippen LogP contribution in [0.1, 0.15) is 39.5 Å². The van der Waals surface area contributed by atoms with Gasteiger partial charge in [-0.25, -0.2) is 4.39 Å². The summed E-state index contributed by atoms with van der Waals surface area (Å²) in [6.07, 6.45) is 4.78. The molecule has 0 radical (unpaired) electrons. The van der Waals surface area contributed by atoms with Gasteiger partial charge in [-0.3, -0.25) is 0 Å². The van der Waals surface area contributed by atoms with E-state index in [2.05, 4.69) is 35.1 Å². The Morgan fingerprint density at radius 1 is 1.30 bits per heavy atom. The van der Waals surface area contributed by atoms with E-state index < -0.39 is 11.6 Å². The van der Waals surface area contributed by atoms with E-state index in [0.29, 0.717) is 23.7 Å². The molecule has 1 N–H and O–H groups in total. The van der Waals surface area contributed by atoms with Gasteiger partial charge in [-0.05, 0) is 25.5 Å². The molecular weight excluding hydrogens is 328 g/mol. The minimum Gasteiger partial charge on any atom is -0.489 e. The third-order valence-electron chi connectivity index (χ3n) is 3.05. The Balaban J connectivity index is 2.27. The number of hydrogen-bond acceptors (Lipinski definition) is 2. The Labute approximate surface area is 128 Å². The second-order valence-electron chi connectivity index (χ2n) is 4.90. The fourth-order valence-corrected chi connectivity index (χ4v) is 2.32. The molecule has 20 heavy (non-hydrogen) atoms. The molecule has 2 nitrogen and oxygen atoms in total. The van der Waals surface area contributed by atoms with Crippen LogP contribution in [0.4, 0.5) is 8.78 Å². The molecular formula is C15H22BrF2NO. The van der Waals surface area contributed by atoms with Gasteiger partial charge in [0.25, 0.3) is 0 Å². The first-order chi connectivity index (χ1) is 9.54. The topological polar surface area (TPSA) is 21.3 Å². The fourth-order valence-electron chi connectivity index (χ4n) is 1.91. The number of hydrogen-bond donors (Lipinski definition) is 1. The van der Waals surface area contributed by atoms with Crippen LogP contribution in [-0.2, 0) is 0 Å². The van der Waals surface area contributed by atoms with Crippen LogP contribution in [-0.4, -0.2) is 19.2 Å². The van der Waals surface area contributed by atoms with Crippen molar-refractivity contribution in [1.29, 1.82) is 0 Å². The van der Waals surface area contributed by atoms with Gasteiger partial charge < -0.3 is 10.1 Å². The summed E-state index contributed by atoms with van der Waals surface area (Å²) in [6.45, 7) is 5.22. The zero-order valence-corrected chi connectivity index (χ0v) is 13.6. The molecule has 1 aromatic rings. The Hall–Kier alpha value is -0.680. The molecule has 0 aliphatic rings. The average Bonchev–Trinajstić information content (AvgIpc) is 2.40. The average molecular weight is 350 g/mol. The standard InChI is InChI=1S/C15H22BrF2NO/c1-3-4-5-6-11(2)19-7-8-20-14-10-12(16)9-13(17)15(14)18/h9-11,19H,3-8H2,1-2H3. The number of unbranched alkanes of at least 4 members (excludes halogenated alkanes) is 2. The fraction of sp³-hybridized carbons (Fsp3) is 0.600. The number of rotatable bonds is 9. The lowest BCUT2D eigenvalue weighted by Crippen LogP contribution is -2.30. The molecule has 0 aromatic heterocycles. The van der Waals surface area contributed by atoms with Crippen molar-refractivity contribution in [3.63, 3.8) is 0 Å². The van der Waals surface area contributed by atoms with Gasteiger partial charge in [0.15, 0.2) is 11.6 Å². The summed E-state index contributed by atoms with van der Waals surface area (Å²) in [7, 11) is 0. The highest BCUT2D eigenvalue weighted by Gasteiger charge is 2.11. The first-order valence-electron chi connectivity index (χ1n) is 7.05. The Morgan fingerprint density at radius 3 is 2.75 bits per heavy atom. The zero-order chi connectivity index (χ0) is 15.0. The second kappa shape index (κ2) is 9.29. The van der Waals surface area contributed by atoms with Crippen molar-refractivity contribution in [3.8, 4) is 5.75 Å². The summed E-state index contributed by atoms with van der Waals surface area (Å²) in [6, 6.07) is 2.92. The van der Waals surface area contributed by atoms with E-state index in [1.165, 1.54) is 25.3 Å². The molecule has 1 aromatic carbocycles. The predicted octanol–water partition coefficient (Wildman–Crippen LogP) is 4.66. The van der Waals surface area contributed by atoms with Gasteiger partial charge in [0, 0.05) is 17.1 Å². The molecule has 0 saturated carbocycles. The van der Waals surface area contributed by atoms with E-state index in [4.69, 9.17) is 4.74 Å². The van der Waals surface area contributed by atoms with E-state index >= 15 is 0 Å². The highest BCUT2D eigenvalue weighted by Crippen LogP contribution is 2.25. The van der Waals surface area contributed by atoms with Crippen molar-refractivity contribution in [2.45, 2.75) is 45.6 Å². The maximum absolute atomic E-state index is 13.4. The SMILES string of the molecule is CCCCCC(C)NCCOc1cc(Br)cc(F)c1F. The molecule has 0 aliphatic heterocycles. The van der Waals surface area contributed by atoms with Crippen LogP contribution in [0.2, 0.25) is 0 Å². The Bertz CT molecular complexity index is 415. The molecule has 1 rings (SSSR count). The van der Waals surface area contributed by atoms with Crippen molar-refractivity contribution in [2.75, 3.05) is 13.2 Å². The molecule has 0 spiro atoms. The summed E-state index contributed by atoms with van der Waals surface area (Å²) in [5.74, 6) is -1.91. The monoisotopic (exact) mass is 349 g/mol. The summed E-state index contributed by atoms with van der Waals surface area (Å²) >= 11 is 3.11. The number of nitrogens with one attached hydrogen (secondary N) is 1. The molecule has 0 heterocycles. The van der Waals surface area contributed by atoms with Crippen molar-refractivity contribution < 1.29 is 13.5 Å². The maximum Gasteiger partial charge on any atom is 0.200 e. The van der Waals surface area contributed by atoms with Gasteiger partial charge >= 0.3 is 0 Å². The van der Waals surface area contributed by atoms with Crippen LogP contribution in [0.5, 0.6) is 5.75 Å². The van der Waals surface area contributed by atoms with E-state index in [1.54, 1.807) is 0 Å². The zero-order valence-electron chi connectivity index (χ0n) is 12.0. The van der Waals surface area contributed by atoms with E-state index in [0.717, 1.165) is 12.5 Å². The highest BCUT2D eigenvalue weighted by molar-refractivity contribution is 9.10. The van der Waals surface area contributed by atoms with Gasteiger partial charge in [0.2, 0.25) is 5.82 Å². The van der Waals surface area contributed by atoms with Crippen molar-refractivity contribution in [3.05, 3.63) is 28.2 Å². The molecule has 0 bridgehead atoms. The van der Waals surface area contributed by atoms with Gasteiger partial charge in [0.05, 0.1) is 0 Å². The van der Waals surface area contributed by atoms with E-state index in [-0.39, 0.29) is 5.75 Å². The molecule has 0 saturated heterocycles. The van der Waals surface area contributed by atoms with Gasteiger partial charge in [-0.15, -0.1) is 0 Å². The van der Waals surface area contributed by atoms with Crippen LogP contribution >= 0.6 is 15.9 Å². The molecule has 0 aliphatic carbocycles. The molecule has 0 fully saturated rings. The van der Waals surface area contributed by atoms with Gasteiger partial charge in [-0.1, -0.05) is 42.1 Å². The van der Waals surface area contributed by atoms with Crippen LogP contribution in [0.15, 0.2) is 16.6 Å². The Kier molecular flexibility index (Phi) is 8.07. The molecule has 5 heteroatoms. The maximum atomic E-state index is 13.4. The van der Waals surface area contributed by atoms with Crippen LogP contribution in [0.3, 0.4) is 0 Å². The molecule has 1 atom stereocenters. The van der Waals surface area contributed by atoms with Crippen molar-refractivity contribution in [2.24, 2.45) is 0 Å². The third kappa shape index (κ3) is 6.18. The first-order valence-corrected chi connectivity index (χ1v) is 7.84. The third-order valence-corrected chi connectivity index (χ3v) is 3.51. The second-order valence-corrected chi connectivity index (χ2v) is 5.81. The molecule has 0 amide bonds. The minimum absolute atomic E-state index is 0.0580. The molecule has 1 unspecified atom stereocenters. The number of halogens is 3. The predicted molar refractivity (Wildman–Crippen MR) is 81.2 cm³/mol.